The van der Waals surface area contributed by atoms with Crippen molar-refractivity contribution in [3.05, 3.63) is 29.8 Å². The lowest BCUT2D eigenvalue weighted by Gasteiger charge is -2.16. The summed E-state index contributed by atoms with van der Waals surface area (Å²) in [5.74, 6) is 7.10. The van der Waals surface area contributed by atoms with Crippen molar-refractivity contribution in [2.75, 3.05) is 7.11 Å². The molecule has 0 heterocycles. The minimum atomic E-state index is -0.149. The maximum atomic E-state index is 5.50. The Morgan fingerprint density at radius 2 is 2.00 bits per heavy atom. The molecule has 1 aromatic rings. The van der Waals surface area contributed by atoms with Gasteiger partial charge >= 0.3 is 0 Å². The standard InChI is InChI=1S/C13H21N3O/c1-13(2,3)15-12(16-14)9-10-7-5-6-8-11(10)17-4/h5-8H,9,14H2,1-4H3,(H,15,16). The molecule has 94 valence electrons. The molecule has 0 unspecified atom stereocenters. The Morgan fingerprint density at radius 3 is 2.53 bits per heavy atom. The van der Waals surface area contributed by atoms with Crippen molar-refractivity contribution in [3.8, 4) is 5.75 Å². The van der Waals surface area contributed by atoms with Crippen LogP contribution in [0.25, 0.3) is 0 Å². The fourth-order valence-electron chi connectivity index (χ4n) is 1.56. The van der Waals surface area contributed by atoms with Gasteiger partial charge in [0, 0.05) is 12.0 Å². The van der Waals surface area contributed by atoms with Crippen molar-refractivity contribution in [1.82, 2.24) is 5.43 Å². The van der Waals surface area contributed by atoms with E-state index in [0.717, 1.165) is 17.1 Å². The summed E-state index contributed by atoms with van der Waals surface area (Å²) in [6.45, 7) is 6.10. The first-order chi connectivity index (χ1) is 7.96. The van der Waals surface area contributed by atoms with Gasteiger partial charge in [-0.3, -0.25) is 4.99 Å². The third-order valence-electron chi connectivity index (χ3n) is 2.19. The van der Waals surface area contributed by atoms with Gasteiger partial charge in [-0.2, -0.15) is 0 Å². The van der Waals surface area contributed by atoms with Gasteiger partial charge in [-0.25, -0.2) is 5.84 Å². The number of hydrogen-bond acceptors (Lipinski definition) is 3. The van der Waals surface area contributed by atoms with Gasteiger partial charge in [0.15, 0.2) is 0 Å². The van der Waals surface area contributed by atoms with E-state index in [4.69, 9.17) is 10.6 Å². The largest absolute Gasteiger partial charge is 0.496 e. The number of methoxy groups -OCH3 is 1. The molecule has 1 rings (SSSR count). The second kappa shape index (κ2) is 5.68. The summed E-state index contributed by atoms with van der Waals surface area (Å²) in [4.78, 5) is 4.52. The number of aliphatic imine (C=N–C) groups is 1. The van der Waals surface area contributed by atoms with Gasteiger partial charge < -0.3 is 10.2 Å². The number of amidine groups is 1. The second-order valence-corrected chi connectivity index (χ2v) is 4.86. The summed E-state index contributed by atoms with van der Waals surface area (Å²) in [5, 5.41) is 0. The summed E-state index contributed by atoms with van der Waals surface area (Å²) in [6, 6.07) is 7.86. The highest BCUT2D eigenvalue weighted by molar-refractivity contribution is 5.84. The molecule has 0 fully saturated rings. The Hall–Kier alpha value is -1.55. The van der Waals surface area contributed by atoms with Crippen molar-refractivity contribution in [2.24, 2.45) is 10.8 Å². The molecule has 17 heavy (non-hydrogen) atoms. The number of hydrazine groups is 1. The number of nitrogens with two attached hydrogens (primary N) is 1. The molecule has 0 aliphatic heterocycles. The van der Waals surface area contributed by atoms with E-state index in [2.05, 4.69) is 10.4 Å². The van der Waals surface area contributed by atoms with E-state index in [1.54, 1.807) is 7.11 Å². The van der Waals surface area contributed by atoms with Crippen molar-refractivity contribution in [2.45, 2.75) is 32.7 Å². The van der Waals surface area contributed by atoms with Crippen molar-refractivity contribution < 1.29 is 4.74 Å². The predicted octanol–water partition coefficient (Wildman–Crippen LogP) is 1.90. The molecular formula is C13H21N3O. The van der Waals surface area contributed by atoms with Gasteiger partial charge in [-0.15, -0.1) is 0 Å². The van der Waals surface area contributed by atoms with Gasteiger partial charge in [0.1, 0.15) is 11.6 Å². The van der Waals surface area contributed by atoms with E-state index in [1.165, 1.54) is 0 Å². The van der Waals surface area contributed by atoms with Crippen LogP contribution in [0, 0.1) is 0 Å². The molecule has 0 spiro atoms. The lowest BCUT2D eigenvalue weighted by molar-refractivity contribution is 0.411. The number of nitrogens with zero attached hydrogens (tertiary/aromatic N) is 1. The Labute approximate surface area is 103 Å². The zero-order valence-corrected chi connectivity index (χ0v) is 10.9. The molecule has 0 aliphatic rings. The molecule has 0 radical (unpaired) electrons. The molecule has 0 aliphatic carbocycles. The average molecular weight is 235 g/mol. The van der Waals surface area contributed by atoms with Crippen LogP contribution >= 0.6 is 0 Å². The summed E-state index contributed by atoms with van der Waals surface area (Å²) in [6.07, 6.45) is 0.637. The topological polar surface area (TPSA) is 59.6 Å². The summed E-state index contributed by atoms with van der Waals surface area (Å²) in [5.41, 5.74) is 3.57. The molecule has 4 heteroatoms. The first kappa shape index (κ1) is 13.5. The van der Waals surface area contributed by atoms with Crippen LogP contribution in [-0.4, -0.2) is 18.5 Å². The molecule has 0 amide bonds. The molecule has 0 saturated heterocycles. The van der Waals surface area contributed by atoms with Crippen LogP contribution in [0.1, 0.15) is 26.3 Å². The summed E-state index contributed by atoms with van der Waals surface area (Å²) < 4.78 is 5.30. The number of ether oxygens (including phenoxy) is 1. The second-order valence-electron chi connectivity index (χ2n) is 4.86. The van der Waals surface area contributed by atoms with E-state index in [-0.39, 0.29) is 5.54 Å². The molecule has 0 bridgehead atoms. The van der Waals surface area contributed by atoms with Crippen molar-refractivity contribution >= 4 is 5.84 Å². The van der Waals surface area contributed by atoms with Gasteiger partial charge in [0.25, 0.3) is 0 Å². The quantitative estimate of drug-likeness (QED) is 0.364. The molecule has 3 N–H and O–H groups in total. The maximum Gasteiger partial charge on any atom is 0.122 e. The van der Waals surface area contributed by atoms with E-state index in [0.29, 0.717) is 6.42 Å². The van der Waals surface area contributed by atoms with Crippen LogP contribution in [0.2, 0.25) is 0 Å². The van der Waals surface area contributed by atoms with Crippen molar-refractivity contribution in [3.63, 3.8) is 0 Å². The van der Waals surface area contributed by atoms with Crippen LogP contribution in [0.15, 0.2) is 29.3 Å². The highest BCUT2D eigenvalue weighted by Gasteiger charge is 2.11. The minimum Gasteiger partial charge on any atom is -0.496 e. The number of hydrogen-bond donors (Lipinski definition) is 2. The van der Waals surface area contributed by atoms with Gasteiger partial charge in [0.2, 0.25) is 0 Å². The van der Waals surface area contributed by atoms with Crippen LogP contribution < -0.4 is 16.0 Å². The zero-order chi connectivity index (χ0) is 12.9. The van der Waals surface area contributed by atoms with Crippen LogP contribution in [-0.2, 0) is 6.42 Å². The number of benzene rings is 1. The van der Waals surface area contributed by atoms with E-state index in [9.17, 15) is 0 Å². The first-order valence-corrected chi connectivity index (χ1v) is 5.63. The third-order valence-corrected chi connectivity index (χ3v) is 2.19. The lowest BCUT2D eigenvalue weighted by atomic mass is 10.1. The summed E-state index contributed by atoms with van der Waals surface area (Å²) in [7, 11) is 1.66. The first-order valence-electron chi connectivity index (χ1n) is 5.63. The Bertz CT molecular complexity index is 394. The van der Waals surface area contributed by atoms with Crippen LogP contribution in [0.3, 0.4) is 0 Å². The number of nitrogens with one attached hydrogen (secondary N) is 1. The zero-order valence-electron chi connectivity index (χ0n) is 10.9. The monoisotopic (exact) mass is 235 g/mol. The normalized spacial score (nSPS) is 12.4. The maximum absolute atomic E-state index is 5.50. The fourth-order valence-corrected chi connectivity index (χ4v) is 1.56. The molecule has 1 aromatic carbocycles. The molecule has 0 aromatic heterocycles. The van der Waals surface area contributed by atoms with E-state index in [1.807, 2.05) is 45.0 Å². The molecule has 4 nitrogen and oxygen atoms in total. The average Bonchev–Trinajstić information content (AvgIpc) is 2.27. The predicted molar refractivity (Wildman–Crippen MR) is 71.2 cm³/mol. The summed E-state index contributed by atoms with van der Waals surface area (Å²) >= 11 is 0. The van der Waals surface area contributed by atoms with E-state index < -0.39 is 0 Å². The fraction of sp³-hybridized carbons (Fsp3) is 0.462. The highest BCUT2D eigenvalue weighted by atomic mass is 16.5. The minimum absolute atomic E-state index is 0.149. The highest BCUT2D eigenvalue weighted by Crippen LogP contribution is 2.18. The van der Waals surface area contributed by atoms with Crippen LogP contribution in [0.5, 0.6) is 5.75 Å². The Balaban J connectivity index is 2.92. The Morgan fingerprint density at radius 1 is 1.35 bits per heavy atom. The Kier molecular flexibility index (Phi) is 4.52. The third kappa shape index (κ3) is 4.44. The van der Waals surface area contributed by atoms with Gasteiger partial charge in [0.05, 0.1) is 12.6 Å². The lowest BCUT2D eigenvalue weighted by Crippen LogP contribution is -2.34. The number of para-hydroxylation sites is 1. The smallest absolute Gasteiger partial charge is 0.122 e. The van der Waals surface area contributed by atoms with Gasteiger partial charge in [-0.1, -0.05) is 18.2 Å². The SMILES string of the molecule is COc1ccccc1CC(=NC(C)(C)C)NN. The van der Waals surface area contributed by atoms with E-state index >= 15 is 0 Å². The molecular weight excluding hydrogens is 214 g/mol. The van der Waals surface area contributed by atoms with Crippen LogP contribution in [0.4, 0.5) is 0 Å². The molecule has 0 atom stereocenters. The van der Waals surface area contributed by atoms with Crippen molar-refractivity contribution in [1.29, 1.82) is 0 Å². The van der Waals surface area contributed by atoms with Gasteiger partial charge in [-0.05, 0) is 26.8 Å². The number of rotatable bonds is 3. The molecule has 0 saturated carbocycles.